The molecular formula is C17H18N2O. The Morgan fingerprint density at radius 1 is 1.25 bits per heavy atom. The molecule has 0 aromatic heterocycles. The van der Waals surface area contributed by atoms with Gasteiger partial charge in [0.25, 0.3) is 5.91 Å². The summed E-state index contributed by atoms with van der Waals surface area (Å²) in [7, 11) is 0. The molecule has 1 atom stereocenters. The molecule has 2 aromatic carbocycles. The van der Waals surface area contributed by atoms with Gasteiger partial charge in [-0.15, -0.1) is 0 Å². The van der Waals surface area contributed by atoms with Crippen LogP contribution in [-0.4, -0.2) is 12.5 Å². The van der Waals surface area contributed by atoms with Gasteiger partial charge in [-0.05, 0) is 42.2 Å². The van der Waals surface area contributed by atoms with Crippen LogP contribution >= 0.6 is 0 Å². The van der Waals surface area contributed by atoms with Crippen molar-refractivity contribution in [1.29, 1.82) is 0 Å². The Morgan fingerprint density at radius 3 is 2.85 bits per heavy atom. The molecule has 2 aromatic rings. The molecule has 102 valence electrons. The van der Waals surface area contributed by atoms with E-state index >= 15 is 0 Å². The quantitative estimate of drug-likeness (QED) is 0.839. The van der Waals surface area contributed by atoms with E-state index in [9.17, 15) is 4.79 Å². The van der Waals surface area contributed by atoms with Crippen LogP contribution < -0.4 is 11.1 Å². The maximum Gasteiger partial charge on any atom is 0.251 e. The van der Waals surface area contributed by atoms with E-state index in [-0.39, 0.29) is 5.91 Å². The van der Waals surface area contributed by atoms with Gasteiger partial charge in [-0.1, -0.05) is 30.3 Å². The minimum absolute atomic E-state index is 0.0424. The second kappa shape index (κ2) is 5.00. The van der Waals surface area contributed by atoms with Crippen LogP contribution in [0.25, 0.3) is 0 Å². The normalized spacial score (nSPS) is 16.1. The zero-order chi connectivity index (χ0) is 14.1. The number of carbonyl (C=O) groups excluding carboxylic acids is 1. The van der Waals surface area contributed by atoms with E-state index in [4.69, 9.17) is 5.73 Å². The van der Waals surface area contributed by atoms with Crippen molar-refractivity contribution < 1.29 is 4.79 Å². The van der Waals surface area contributed by atoms with E-state index < -0.39 is 0 Å². The topological polar surface area (TPSA) is 55.1 Å². The zero-order valence-corrected chi connectivity index (χ0v) is 11.5. The van der Waals surface area contributed by atoms with Crippen LogP contribution in [0.2, 0.25) is 0 Å². The van der Waals surface area contributed by atoms with Crippen LogP contribution in [0.5, 0.6) is 0 Å². The van der Waals surface area contributed by atoms with Crippen LogP contribution in [0.1, 0.15) is 33.0 Å². The molecule has 1 aliphatic rings. The van der Waals surface area contributed by atoms with Crippen molar-refractivity contribution >= 4 is 11.6 Å². The van der Waals surface area contributed by atoms with Gasteiger partial charge in [-0.2, -0.15) is 0 Å². The molecule has 0 saturated heterocycles. The molecule has 0 saturated carbocycles. The largest absolute Gasteiger partial charge is 0.398 e. The summed E-state index contributed by atoms with van der Waals surface area (Å²) in [6.07, 6.45) is 1.05. The van der Waals surface area contributed by atoms with E-state index in [1.807, 2.05) is 25.1 Å². The summed E-state index contributed by atoms with van der Waals surface area (Å²) in [4.78, 5) is 12.2. The van der Waals surface area contributed by atoms with Crippen LogP contribution in [0.4, 0.5) is 5.69 Å². The zero-order valence-electron chi connectivity index (χ0n) is 11.5. The lowest BCUT2D eigenvalue weighted by atomic mass is 9.77. The molecule has 0 heterocycles. The number of benzene rings is 2. The van der Waals surface area contributed by atoms with Gasteiger partial charge in [0.05, 0.1) is 0 Å². The van der Waals surface area contributed by atoms with Crippen molar-refractivity contribution in [2.75, 3.05) is 12.3 Å². The summed E-state index contributed by atoms with van der Waals surface area (Å²) in [5.41, 5.74) is 10.8. The molecule has 0 aliphatic heterocycles. The number of hydrogen-bond donors (Lipinski definition) is 2. The molecule has 3 N–H and O–H groups in total. The Balaban J connectivity index is 1.65. The third-order valence-electron chi connectivity index (χ3n) is 4.09. The van der Waals surface area contributed by atoms with E-state index in [2.05, 4.69) is 29.6 Å². The van der Waals surface area contributed by atoms with E-state index in [1.54, 1.807) is 0 Å². The van der Waals surface area contributed by atoms with Crippen LogP contribution in [0, 0.1) is 6.92 Å². The second-order valence-electron chi connectivity index (χ2n) is 5.33. The smallest absolute Gasteiger partial charge is 0.251 e. The molecule has 1 aliphatic carbocycles. The maximum atomic E-state index is 12.2. The number of rotatable bonds is 3. The minimum Gasteiger partial charge on any atom is -0.398 e. The molecule has 20 heavy (non-hydrogen) atoms. The highest BCUT2D eigenvalue weighted by Crippen LogP contribution is 2.34. The first-order valence-corrected chi connectivity index (χ1v) is 6.88. The highest BCUT2D eigenvalue weighted by molar-refractivity contribution is 5.96. The molecule has 0 spiro atoms. The Bertz CT molecular complexity index is 664. The summed E-state index contributed by atoms with van der Waals surface area (Å²) >= 11 is 0. The molecule has 0 fully saturated rings. The average molecular weight is 266 g/mol. The molecule has 3 nitrogen and oxygen atoms in total. The summed E-state index contributed by atoms with van der Waals surface area (Å²) in [6, 6.07) is 13.8. The minimum atomic E-state index is -0.0424. The molecule has 3 heteroatoms. The van der Waals surface area contributed by atoms with Gasteiger partial charge in [-0.25, -0.2) is 0 Å². The van der Waals surface area contributed by atoms with Gasteiger partial charge < -0.3 is 11.1 Å². The first-order valence-electron chi connectivity index (χ1n) is 6.88. The van der Waals surface area contributed by atoms with E-state index in [1.165, 1.54) is 11.1 Å². The monoisotopic (exact) mass is 266 g/mol. The number of nitrogen functional groups attached to an aromatic ring is 1. The lowest BCUT2D eigenvalue weighted by molar-refractivity contribution is 0.0949. The van der Waals surface area contributed by atoms with Gasteiger partial charge in [0.1, 0.15) is 0 Å². The van der Waals surface area contributed by atoms with E-state index in [0.29, 0.717) is 23.7 Å². The summed E-state index contributed by atoms with van der Waals surface area (Å²) in [5.74, 6) is 0.399. The van der Waals surface area contributed by atoms with Crippen molar-refractivity contribution in [2.45, 2.75) is 19.3 Å². The predicted molar refractivity (Wildman–Crippen MR) is 80.8 cm³/mol. The molecule has 3 rings (SSSR count). The maximum absolute atomic E-state index is 12.2. The van der Waals surface area contributed by atoms with Crippen molar-refractivity contribution in [3.63, 3.8) is 0 Å². The lowest BCUT2D eigenvalue weighted by Gasteiger charge is -2.30. The fourth-order valence-corrected chi connectivity index (χ4v) is 2.76. The summed E-state index contributed by atoms with van der Waals surface area (Å²) < 4.78 is 0. The van der Waals surface area contributed by atoms with Crippen molar-refractivity contribution in [3.05, 3.63) is 64.7 Å². The Kier molecular flexibility index (Phi) is 3.18. The van der Waals surface area contributed by atoms with Crippen LogP contribution in [0.3, 0.4) is 0 Å². The molecular weight excluding hydrogens is 248 g/mol. The van der Waals surface area contributed by atoms with Gasteiger partial charge in [0.15, 0.2) is 0 Å². The second-order valence-corrected chi connectivity index (χ2v) is 5.33. The van der Waals surface area contributed by atoms with Crippen molar-refractivity contribution in [1.82, 2.24) is 5.32 Å². The van der Waals surface area contributed by atoms with Crippen molar-refractivity contribution in [3.8, 4) is 0 Å². The predicted octanol–water partition coefficient (Wildman–Crippen LogP) is 2.65. The fourth-order valence-electron chi connectivity index (χ4n) is 2.76. The van der Waals surface area contributed by atoms with Gasteiger partial charge in [-0.3, -0.25) is 4.79 Å². The SMILES string of the molecule is Cc1c(N)cccc1C(=O)NCC1Cc2ccccc21. The first-order chi connectivity index (χ1) is 9.66. The standard InChI is InChI=1S/C17H18N2O/c1-11-14(7-4-8-16(11)18)17(20)19-10-13-9-12-5-2-3-6-15(12)13/h2-8,13H,9-10,18H2,1H3,(H,19,20). The Hall–Kier alpha value is -2.29. The fraction of sp³-hybridized carbons (Fsp3) is 0.235. The number of amides is 1. The number of nitrogens with one attached hydrogen (secondary N) is 1. The highest BCUT2D eigenvalue weighted by atomic mass is 16.1. The first kappa shape index (κ1) is 12.7. The van der Waals surface area contributed by atoms with Crippen LogP contribution in [-0.2, 0) is 6.42 Å². The molecule has 0 bridgehead atoms. The third-order valence-corrected chi connectivity index (χ3v) is 4.09. The summed E-state index contributed by atoms with van der Waals surface area (Å²) in [6.45, 7) is 2.56. The number of nitrogens with two attached hydrogens (primary N) is 1. The molecule has 1 amide bonds. The van der Waals surface area contributed by atoms with Gasteiger partial charge in [0, 0.05) is 23.7 Å². The number of fused-ring (bicyclic) bond motifs is 1. The van der Waals surface area contributed by atoms with Gasteiger partial charge >= 0.3 is 0 Å². The highest BCUT2D eigenvalue weighted by Gasteiger charge is 2.25. The number of carbonyl (C=O) groups is 1. The third kappa shape index (κ3) is 2.16. The van der Waals surface area contributed by atoms with E-state index in [0.717, 1.165) is 12.0 Å². The Labute approximate surface area is 118 Å². The molecule has 0 radical (unpaired) electrons. The Morgan fingerprint density at radius 2 is 2.05 bits per heavy atom. The molecule has 1 unspecified atom stereocenters. The number of anilines is 1. The van der Waals surface area contributed by atoms with Gasteiger partial charge in [0.2, 0.25) is 0 Å². The van der Waals surface area contributed by atoms with Crippen LogP contribution in [0.15, 0.2) is 42.5 Å². The average Bonchev–Trinajstić information content (AvgIpc) is 2.42. The number of hydrogen-bond acceptors (Lipinski definition) is 2. The van der Waals surface area contributed by atoms with Crippen molar-refractivity contribution in [2.24, 2.45) is 0 Å². The lowest BCUT2D eigenvalue weighted by Crippen LogP contribution is -2.33. The summed E-state index contributed by atoms with van der Waals surface area (Å²) in [5, 5.41) is 3.02.